The fourth-order valence-electron chi connectivity index (χ4n) is 2.73. The van der Waals surface area contributed by atoms with Crippen molar-refractivity contribution in [1.29, 1.82) is 0 Å². The summed E-state index contributed by atoms with van der Waals surface area (Å²) in [6, 6.07) is 12.9. The van der Waals surface area contributed by atoms with Crippen LogP contribution in [0.25, 0.3) is 0 Å². The lowest BCUT2D eigenvalue weighted by atomic mass is 10.1. The van der Waals surface area contributed by atoms with Crippen LogP contribution in [0.1, 0.15) is 39.2 Å². The fourth-order valence-corrected chi connectivity index (χ4v) is 2.90. The molecular weight excluding hydrogens is 416 g/mol. The Hall–Kier alpha value is -3.45. The molecule has 0 fully saturated rings. The quantitative estimate of drug-likeness (QED) is 0.532. The van der Waals surface area contributed by atoms with Crippen molar-refractivity contribution in [3.05, 3.63) is 94.0 Å². The van der Waals surface area contributed by atoms with Crippen LogP contribution in [0.15, 0.2) is 60.7 Å². The van der Waals surface area contributed by atoms with Crippen LogP contribution in [-0.2, 0) is 0 Å². The van der Waals surface area contributed by atoms with Crippen molar-refractivity contribution in [3.63, 3.8) is 0 Å². The molecule has 0 aliphatic carbocycles. The van der Waals surface area contributed by atoms with E-state index in [1.54, 1.807) is 19.1 Å². The topological polar surface area (TPSA) is 75.6 Å². The molecule has 0 spiro atoms. The lowest BCUT2D eigenvalue weighted by Gasteiger charge is -2.17. The Kier molecular flexibility index (Phi) is 6.32. The SMILES string of the molecule is CC(NC(=O)c1cc(Cl)ccc1Oc1c(F)cccc1F)c1ccc(C(=O)O)cc1. The van der Waals surface area contributed by atoms with Crippen LogP contribution < -0.4 is 10.1 Å². The van der Waals surface area contributed by atoms with Crippen LogP contribution in [0, 0.1) is 11.6 Å². The van der Waals surface area contributed by atoms with E-state index in [0.29, 0.717) is 5.56 Å². The number of carboxylic acid groups (broad SMARTS) is 1. The number of halogens is 3. The zero-order valence-corrected chi connectivity index (χ0v) is 16.4. The molecule has 0 radical (unpaired) electrons. The summed E-state index contributed by atoms with van der Waals surface area (Å²) >= 11 is 5.99. The van der Waals surface area contributed by atoms with E-state index in [0.717, 1.165) is 12.1 Å². The average Bonchev–Trinajstić information content (AvgIpc) is 2.71. The summed E-state index contributed by atoms with van der Waals surface area (Å²) in [5.41, 5.74) is 0.770. The van der Waals surface area contributed by atoms with E-state index in [9.17, 15) is 18.4 Å². The monoisotopic (exact) mass is 431 g/mol. The summed E-state index contributed by atoms with van der Waals surface area (Å²) in [5, 5.41) is 11.9. The molecule has 3 aromatic carbocycles. The lowest BCUT2D eigenvalue weighted by molar-refractivity contribution is 0.0696. The Balaban J connectivity index is 1.85. The third-order valence-corrected chi connectivity index (χ3v) is 4.56. The van der Waals surface area contributed by atoms with Gasteiger partial charge in [-0.1, -0.05) is 29.8 Å². The summed E-state index contributed by atoms with van der Waals surface area (Å²) in [6.07, 6.45) is 0. The highest BCUT2D eigenvalue weighted by atomic mass is 35.5. The Bertz CT molecular complexity index is 1080. The van der Waals surface area contributed by atoms with Gasteiger partial charge in [0.1, 0.15) is 5.75 Å². The number of carbonyl (C=O) groups excluding carboxylic acids is 1. The summed E-state index contributed by atoms with van der Waals surface area (Å²) in [6.45, 7) is 1.70. The summed E-state index contributed by atoms with van der Waals surface area (Å²) in [5.74, 6) is -4.18. The number of carboxylic acids is 1. The molecule has 2 N–H and O–H groups in total. The predicted octanol–water partition coefficient (Wildman–Crippen LogP) is 5.60. The molecule has 3 rings (SSSR count). The number of nitrogens with one attached hydrogen (secondary N) is 1. The molecule has 0 saturated carbocycles. The molecule has 154 valence electrons. The standard InChI is InChI=1S/C22H16ClF2NO4/c1-12(13-5-7-14(8-6-13)22(28)29)26-21(27)16-11-15(23)9-10-19(16)30-20-17(24)3-2-4-18(20)25/h2-12H,1H3,(H,26,27)(H,28,29). The molecule has 0 aromatic heterocycles. The van der Waals surface area contributed by atoms with Gasteiger partial charge in [0.25, 0.3) is 5.91 Å². The third kappa shape index (κ3) is 4.75. The second-order valence-electron chi connectivity index (χ2n) is 6.42. The average molecular weight is 432 g/mol. The van der Waals surface area contributed by atoms with Crippen LogP contribution in [0.5, 0.6) is 11.5 Å². The van der Waals surface area contributed by atoms with Crippen LogP contribution >= 0.6 is 11.6 Å². The van der Waals surface area contributed by atoms with Gasteiger partial charge in [0.2, 0.25) is 0 Å². The molecule has 1 unspecified atom stereocenters. The van der Waals surface area contributed by atoms with Crippen molar-refractivity contribution >= 4 is 23.5 Å². The van der Waals surface area contributed by atoms with E-state index in [4.69, 9.17) is 21.4 Å². The highest BCUT2D eigenvalue weighted by Crippen LogP contribution is 2.31. The summed E-state index contributed by atoms with van der Waals surface area (Å²) in [4.78, 5) is 23.8. The maximum atomic E-state index is 13.9. The van der Waals surface area contributed by atoms with Gasteiger partial charge < -0.3 is 15.2 Å². The first-order valence-electron chi connectivity index (χ1n) is 8.82. The van der Waals surface area contributed by atoms with Gasteiger partial charge in [0.05, 0.1) is 17.2 Å². The largest absolute Gasteiger partial charge is 0.478 e. The Morgan fingerprint density at radius 3 is 2.27 bits per heavy atom. The van der Waals surface area contributed by atoms with Crippen LogP contribution in [0.4, 0.5) is 8.78 Å². The lowest BCUT2D eigenvalue weighted by Crippen LogP contribution is -2.27. The van der Waals surface area contributed by atoms with Gasteiger partial charge in [0, 0.05) is 5.02 Å². The van der Waals surface area contributed by atoms with Gasteiger partial charge in [-0.05, 0) is 55.0 Å². The predicted molar refractivity (Wildman–Crippen MR) is 107 cm³/mol. The second-order valence-corrected chi connectivity index (χ2v) is 6.85. The van der Waals surface area contributed by atoms with Gasteiger partial charge in [-0.15, -0.1) is 0 Å². The van der Waals surface area contributed by atoms with E-state index >= 15 is 0 Å². The number of hydrogen-bond donors (Lipinski definition) is 2. The van der Waals surface area contributed by atoms with E-state index < -0.39 is 35.3 Å². The van der Waals surface area contributed by atoms with Crippen LogP contribution in [0.2, 0.25) is 5.02 Å². The first kappa shape index (κ1) is 21.3. The zero-order chi connectivity index (χ0) is 21.8. The zero-order valence-electron chi connectivity index (χ0n) is 15.7. The molecule has 30 heavy (non-hydrogen) atoms. The van der Waals surface area contributed by atoms with Crippen molar-refractivity contribution in [2.75, 3.05) is 0 Å². The molecule has 0 saturated heterocycles. The van der Waals surface area contributed by atoms with Gasteiger partial charge in [-0.2, -0.15) is 0 Å². The fraction of sp³-hybridized carbons (Fsp3) is 0.0909. The van der Waals surface area contributed by atoms with Crippen molar-refractivity contribution in [3.8, 4) is 11.5 Å². The van der Waals surface area contributed by atoms with Crippen LogP contribution in [0.3, 0.4) is 0 Å². The number of benzene rings is 3. The number of ether oxygens (including phenoxy) is 1. The molecular formula is C22H16ClF2NO4. The number of amides is 1. The smallest absolute Gasteiger partial charge is 0.335 e. The number of hydrogen-bond acceptors (Lipinski definition) is 3. The minimum atomic E-state index is -1.06. The Labute approximate surface area is 175 Å². The van der Waals surface area contributed by atoms with Gasteiger partial charge >= 0.3 is 5.97 Å². The molecule has 0 aliphatic heterocycles. The molecule has 8 heteroatoms. The minimum Gasteiger partial charge on any atom is -0.478 e. The Morgan fingerprint density at radius 2 is 1.67 bits per heavy atom. The normalized spacial score (nSPS) is 11.6. The van der Waals surface area contributed by atoms with Crippen molar-refractivity contribution in [2.24, 2.45) is 0 Å². The maximum absolute atomic E-state index is 13.9. The molecule has 3 aromatic rings. The third-order valence-electron chi connectivity index (χ3n) is 4.32. The molecule has 1 amide bonds. The van der Waals surface area contributed by atoms with Crippen molar-refractivity contribution in [2.45, 2.75) is 13.0 Å². The molecule has 1 atom stereocenters. The van der Waals surface area contributed by atoms with E-state index in [2.05, 4.69) is 5.32 Å². The highest BCUT2D eigenvalue weighted by Gasteiger charge is 2.20. The van der Waals surface area contributed by atoms with Crippen molar-refractivity contribution < 1.29 is 28.2 Å². The molecule has 0 aliphatic rings. The highest BCUT2D eigenvalue weighted by molar-refractivity contribution is 6.31. The first-order chi connectivity index (χ1) is 14.3. The second kappa shape index (κ2) is 8.92. The van der Waals surface area contributed by atoms with Crippen LogP contribution in [-0.4, -0.2) is 17.0 Å². The van der Waals surface area contributed by atoms with Crippen molar-refractivity contribution in [1.82, 2.24) is 5.32 Å². The summed E-state index contributed by atoms with van der Waals surface area (Å²) in [7, 11) is 0. The first-order valence-corrected chi connectivity index (χ1v) is 9.19. The molecule has 5 nitrogen and oxygen atoms in total. The minimum absolute atomic E-state index is 0.0147. The Morgan fingerprint density at radius 1 is 1.03 bits per heavy atom. The van der Waals surface area contributed by atoms with E-state index in [-0.39, 0.29) is 21.9 Å². The molecule has 0 heterocycles. The number of carbonyl (C=O) groups is 2. The number of rotatable bonds is 6. The van der Waals surface area contributed by atoms with Gasteiger partial charge in [0.15, 0.2) is 17.4 Å². The molecule has 0 bridgehead atoms. The number of para-hydroxylation sites is 1. The number of aromatic carboxylic acids is 1. The van der Waals surface area contributed by atoms with Gasteiger partial charge in [-0.3, -0.25) is 4.79 Å². The van der Waals surface area contributed by atoms with Gasteiger partial charge in [-0.25, -0.2) is 13.6 Å². The van der Waals surface area contributed by atoms with E-state index in [1.807, 2.05) is 0 Å². The maximum Gasteiger partial charge on any atom is 0.335 e. The summed E-state index contributed by atoms with van der Waals surface area (Å²) < 4.78 is 33.2. The van der Waals surface area contributed by atoms with E-state index in [1.165, 1.54) is 36.4 Å².